The first-order chi connectivity index (χ1) is 9.04. The van der Waals surface area contributed by atoms with Gasteiger partial charge in [-0.25, -0.2) is 4.39 Å². The van der Waals surface area contributed by atoms with Crippen LogP contribution in [0, 0.1) is 5.82 Å². The molecule has 1 aliphatic rings. The number of hydrogen-bond acceptors (Lipinski definition) is 2. The lowest BCUT2D eigenvalue weighted by Gasteiger charge is -2.39. The van der Waals surface area contributed by atoms with E-state index in [2.05, 4.69) is 21.2 Å². The van der Waals surface area contributed by atoms with Crippen LogP contribution in [0.15, 0.2) is 22.7 Å². The fourth-order valence-corrected chi connectivity index (χ4v) is 2.66. The molecule has 0 aromatic heterocycles. The van der Waals surface area contributed by atoms with Gasteiger partial charge in [0, 0.05) is 23.7 Å². The number of halogens is 2. The number of rotatable bonds is 5. The van der Waals surface area contributed by atoms with Crippen LogP contribution in [0.2, 0.25) is 0 Å². The summed E-state index contributed by atoms with van der Waals surface area (Å²) in [4.78, 5) is 11.9. The zero-order chi connectivity index (χ0) is 13.9. The van der Waals surface area contributed by atoms with Gasteiger partial charge in [-0.15, -0.1) is 0 Å². The third-order valence-electron chi connectivity index (χ3n) is 3.66. The molecule has 0 saturated heterocycles. The second-order valence-electron chi connectivity index (χ2n) is 4.93. The summed E-state index contributed by atoms with van der Waals surface area (Å²) < 4.78 is 19.7. The average molecular weight is 330 g/mol. The molecule has 0 radical (unpaired) electrons. The molecule has 1 aromatic carbocycles. The van der Waals surface area contributed by atoms with E-state index in [0.29, 0.717) is 12.0 Å². The summed E-state index contributed by atoms with van der Waals surface area (Å²) in [5.41, 5.74) is 0.183. The maximum Gasteiger partial charge on any atom is 0.223 e. The molecule has 0 aliphatic heterocycles. The van der Waals surface area contributed by atoms with E-state index in [1.165, 1.54) is 6.07 Å². The molecule has 0 spiro atoms. The van der Waals surface area contributed by atoms with Gasteiger partial charge in [-0.05, 0) is 37.5 Å². The topological polar surface area (TPSA) is 38.3 Å². The Bertz CT molecular complexity index is 469. The highest BCUT2D eigenvalue weighted by Crippen LogP contribution is 2.37. The fourth-order valence-electron chi connectivity index (χ4n) is 2.25. The van der Waals surface area contributed by atoms with Crippen LogP contribution >= 0.6 is 15.9 Å². The van der Waals surface area contributed by atoms with Crippen LogP contribution in [-0.4, -0.2) is 18.6 Å². The molecule has 1 amide bonds. The zero-order valence-electron chi connectivity index (χ0n) is 10.8. The Kier molecular flexibility index (Phi) is 4.58. The first-order valence-corrected chi connectivity index (χ1v) is 7.10. The molecule has 104 valence electrons. The Morgan fingerprint density at radius 3 is 2.84 bits per heavy atom. The molecule has 3 nitrogen and oxygen atoms in total. The average Bonchev–Trinajstić information content (AvgIpc) is 2.35. The van der Waals surface area contributed by atoms with Crippen molar-refractivity contribution in [1.82, 2.24) is 5.32 Å². The van der Waals surface area contributed by atoms with Crippen LogP contribution in [0.5, 0.6) is 0 Å². The minimum Gasteiger partial charge on any atom is -0.378 e. The summed E-state index contributed by atoms with van der Waals surface area (Å²) in [5, 5.41) is 2.75. The van der Waals surface area contributed by atoms with Crippen molar-refractivity contribution in [3.8, 4) is 0 Å². The lowest BCUT2D eigenvalue weighted by molar-refractivity contribution is -0.134. The van der Waals surface area contributed by atoms with Gasteiger partial charge in [-0.3, -0.25) is 4.79 Å². The summed E-state index contributed by atoms with van der Waals surface area (Å²) in [6.45, 7) is 0.198. The minimum absolute atomic E-state index is 0.0964. The largest absolute Gasteiger partial charge is 0.378 e. The predicted octanol–water partition coefficient (Wildman–Crippen LogP) is 3.16. The van der Waals surface area contributed by atoms with E-state index in [0.717, 1.165) is 23.7 Å². The van der Waals surface area contributed by atoms with Crippen LogP contribution in [0.1, 0.15) is 31.2 Å². The summed E-state index contributed by atoms with van der Waals surface area (Å²) in [5.74, 6) is -0.408. The smallest absolute Gasteiger partial charge is 0.223 e. The summed E-state index contributed by atoms with van der Waals surface area (Å²) >= 11 is 3.28. The molecule has 5 heteroatoms. The van der Waals surface area contributed by atoms with Gasteiger partial charge in [-0.1, -0.05) is 15.9 Å². The quantitative estimate of drug-likeness (QED) is 0.901. The lowest BCUT2D eigenvalue weighted by Crippen LogP contribution is -2.43. The van der Waals surface area contributed by atoms with Gasteiger partial charge in [0.25, 0.3) is 0 Å². The Hall–Kier alpha value is -0.940. The molecule has 1 fully saturated rings. The van der Waals surface area contributed by atoms with Crippen LogP contribution in [0.3, 0.4) is 0 Å². The monoisotopic (exact) mass is 329 g/mol. The number of nitrogens with one attached hydrogen (secondary N) is 1. The van der Waals surface area contributed by atoms with Crippen LogP contribution in [0.4, 0.5) is 4.39 Å². The second-order valence-corrected chi connectivity index (χ2v) is 5.85. The molecule has 19 heavy (non-hydrogen) atoms. The molecule has 1 aromatic rings. The predicted molar refractivity (Wildman–Crippen MR) is 74.2 cm³/mol. The Morgan fingerprint density at radius 1 is 1.53 bits per heavy atom. The van der Waals surface area contributed by atoms with Crippen molar-refractivity contribution in [2.24, 2.45) is 0 Å². The van der Waals surface area contributed by atoms with Crippen molar-refractivity contribution < 1.29 is 13.9 Å². The van der Waals surface area contributed by atoms with Crippen molar-refractivity contribution in [3.63, 3.8) is 0 Å². The molecule has 1 saturated carbocycles. The van der Waals surface area contributed by atoms with Gasteiger partial charge in [-0.2, -0.15) is 0 Å². The van der Waals surface area contributed by atoms with Gasteiger partial charge >= 0.3 is 0 Å². The van der Waals surface area contributed by atoms with Crippen LogP contribution in [-0.2, 0) is 16.1 Å². The van der Waals surface area contributed by atoms with E-state index >= 15 is 0 Å². The highest BCUT2D eigenvalue weighted by molar-refractivity contribution is 9.10. The normalized spacial score (nSPS) is 16.8. The van der Waals surface area contributed by atoms with E-state index < -0.39 is 0 Å². The molecular formula is C14H17BrFNO2. The number of hydrogen-bond donors (Lipinski definition) is 1. The first-order valence-electron chi connectivity index (χ1n) is 6.30. The van der Waals surface area contributed by atoms with Gasteiger partial charge in [0.1, 0.15) is 5.82 Å². The van der Waals surface area contributed by atoms with E-state index in [1.54, 1.807) is 19.2 Å². The molecule has 1 N–H and O–H groups in total. The molecule has 2 rings (SSSR count). The van der Waals surface area contributed by atoms with E-state index in [-0.39, 0.29) is 23.9 Å². The Morgan fingerprint density at radius 2 is 2.26 bits per heavy atom. The maximum absolute atomic E-state index is 13.5. The highest BCUT2D eigenvalue weighted by Gasteiger charge is 2.38. The van der Waals surface area contributed by atoms with Crippen molar-refractivity contribution >= 4 is 21.8 Å². The number of carbonyl (C=O) groups excluding carboxylic acids is 1. The van der Waals surface area contributed by atoms with Crippen molar-refractivity contribution in [2.45, 2.75) is 37.8 Å². The van der Waals surface area contributed by atoms with Gasteiger partial charge in [0.15, 0.2) is 0 Å². The van der Waals surface area contributed by atoms with Gasteiger partial charge in [0.2, 0.25) is 5.91 Å². The second kappa shape index (κ2) is 6.01. The summed E-state index contributed by atoms with van der Waals surface area (Å²) in [7, 11) is 1.64. The highest BCUT2D eigenvalue weighted by atomic mass is 79.9. The third kappa shape index (κ3) is 3.54. The van der Waals surface area contributed by atoms with Crippen LogP contribution < -0.4 is 5.32 Å². The molecule has 0 heterocycles. The SMILES string of the molecule is COC1(CC(=O)NCc2cc(Br)ccc2F)CCC1. The van der Waals surface area contributed by atoms with Crippen molar-refractivity contribution in [2.75, 3.05) is 7.11 Å². The lowest BCUT2D eigenvalue weighted by atomic mass is 9.77. The van der Waals surface area contributed by atoms with Crippen molar-refractivity contribution in [1.29, 1.82) is 0 Å². The molecule has 1 aliphatic carbocycles. The molecular weight excluding hydrogens is 313 g/mol. The van der Waals surface area contributed by atoms with E-state index in [1.807, 2.05) is 0 Å². The number of carbonyl (C=O) groups is 1. The molecule has 0 bridgehead atoms. The zero-order valence-corrected chi connectivity index (χ0v) is 12.4. The third-order valence-corrected chi connectivity index (χ3v) is 4.16. The number of methoxy groups -OCH3 is 1. The minimum atomic E-state index is -0.311. The Labute approximate surface area is 120 Å². The number of benzene rings is 1. The van der Waals surface area contributed by atoms with Crippen LogP contribution in [0.25, 0.3) is 0 Å². The fraction of sp³-hybridized carbons (Fsp3) is 0.500. The number of ether oxygens (including phenoxy) is 1. The molecule has 0 unspecified atom stereocenters. The van der Waals surface area contributed by atoms with E-state index in [4.69, 9.17) is 4.74 Å². The standard InChI is InChI=1S/C14H17BrFNO2/c1-19-14(5-2-6-14)8-13(18)17-9-10-7-11(15)3-4-12(10)16/h3-4,7H,2,5-6,8-9H2,1H3,(H,17,18). The summed E-state index contributed by atoms with van der Waals surface area (Å²) in [6, 6.07) is 4.69. The van der Waals surface area contributed by atoms with E-state index in [9.17, 15) is 9.18 Å². The molecule has 0 atom stereocenters. The van der Waals surface area contributed by atoms with Gasteiger partial charge < -0.3 is 10.1 Å². The van der Waals surface area contributed by atoms with Crippen molar-refractivity contribution in [3.05, 3.63) is 34.1 Å². The van der Waals surface area contributed by atoms with Gasteiger partial charge in [0.05, 0.1) is 12.0 Å². The number of amides is 1. The first kappa shape index (κ1) is 14.5. The summed E-state index contributed by atoms with van der Waals surface area (Å²) in [6.07, 6.45) is 3.28. The maximum atomic E-state index is 13.5. The Balaban J connectivity index is 1.88.